The maximum atomic E-state index is 13.1. The second-order valence-electron chi connectivity index (χ2n) is 8.40. The number of nitrogens with one attached hydrogen (secondary N) is 1. The Morgan fingerprint density at radius 1 is 1.00 bits per heavy atom. The number of hydrogen-bond donors (Lipinski definition) is 1. The van der Waals surface area contributed by atoms with Crippen molar-refractivity contribution in [2.75, 3.05) is 18.5 Å². The number of nitrogens with zero attached hydrogens (tertiary/aromatic N) is 1. The molecule has 3 aromatic carbocycles. The van der Waals surface area contributed by atoms with Gasteiger partial charge in [0.15, 0.2) is 6.61 Å². The number of rotatable bonds is 6. The zero-order valence-electron chi connectivity index (χ0n) is 18.8. The van der Waals surface area contributed by atoms with E-state index in [9.17, 15) is 9.59 Å². The van der Waals surface area contributed by atoms with Crippen molar-refractivity contribution in [2.45, 2.75) is 33.7 Å². The van der Waals surface area contributed by atoms with Crippen LogP contribution in [0.4, 0.5) is 5.69 Å². The summed E-state index contributed by atoms with van der Waals surface area (Å²) in [5.74, 6) is 0.373. The maximum absolute atomic E-state index is 13.1. The Hall–Kier alpha value is -3.60. The standard InChI is InChI=1S/C27H28N2O3/c1-18-6-4-7-21(15-18)16-29-13-12-22-23(27(29)31)8-5-9-25(22)32-17-26(30)28-24-11-10-19(2)14-20(24)3/h4-11,14-15H,12-13,16-17H2,1-3H3,(H,28,30). The van der Waals surface area contributed by atoms with Gasteiger partial charge in [-0.3, -0.25) is 9.59 Å². The highest BCUT2D eigenvalue weighted by molar-refractivity contribution is 5.97. The Balaban J connectivity index is 1.42. The van der Waals surface area contributed by atoms with Gasteiger partial charge in [0.2, 0.25) is 0 Å². The number of aryl methyl sites for hydroxylation is 3. The predicted molar refractivity (Wildman–Crippen MR) is 126 cm³/mol. The van der Waals surface area contributed by atoms with Crippen LogP contribution in [-0.4, -0.2) is 29.9 Å². The fraction of sp³-hybridized carbons (Fsp3) is 0.259. The van der Waals surface area contributed by atoms with Crippen LogP contribution in [0.1, 0.15) is 38.2 Å². The van der Waals surface area contributed by atoms with Crippen LogP contribution in [0, 0.1) is 20.8 Å². The first-order valence-electron chi connectivity index (χ1n) is 10.9. The summed E-state index contributed by atoms with van der Waals surface area (Å²) in [5.41, 5.74) is 6.76. The van der Waals surface area contributed by atoms with E-state index in [2.05, 4.69) is 24.4 Å². The third-order valence-electron chi connectivity index (χ3n) is 5.75. The molecule has 0 aliphatic carbocycles. The number of fused-ring (bicyclic) bond motifs is 1. The number of ether oxygens (including phenoxy) is 1. The Morgan fingerprint density at radius 3 is 2.56 bits per heavy atom. The molecule has 5 nitrogen and oxygen atoms in total. The second-order valence-corrected chi connectivity index (χ2v) is 8.40. The predicted octanol–water partition coefficient (Wildman–Crippen LogP) is 4.83. The van der Waals surface area contributed by atoms with E-state index in [4.69, 9.17) is 4.74 Å². The number of benzene rings is 3. The van der Waals surface area contributed by atoms with Gasteiger partial charge in [0.1, 0.15) is 5.75 Å². The molecular weight excluding hydrogens is 400 g/mol. The van der Waals surface area contributed by atoms with Gasteiger partial charge in [0.25, 0.3) is 11.8 Å². The van der Waals surface area contributed by atoms with Crippen LogP contribution in [0.5, 0.6) is 5.75 Å². The minimum atomic E-state index is -0.224. The molecule has 1 aliphatic rings. The molecule has 0 saturated carbocycles. The van der Waals surface area contributed by atoms with E-state index in [1.165, 1.54) is 5.56 Å². The average molecular weight is 429 g/mol. The first kappa shape index (κ1) is 21.6. The van der Waals surface area contributed by atoms with E-state index in [0.717, 1.165) is 27.9 Å². The molecule has 0 bridgehead atoms. The highest BCUT2D eigenvalue weighted by Crippen LogP contribution is 2.29. The van der Waals surface area contributed by atoms with Crippen molar-refractivity contribution in [3.63, 3.8) is 0 Å². The van der Waals surface area contributed by atoms with Crippen molar-refractivity contribution < 1.29 is 14.3 Å². The molecule has 0 atom stereocenters. The quantitative estimate of drug-likeness (QED) is 0.612. The number of carbonyl (C=O) groups is 2. The number of carbonyl (C=O) groups excluding carboxylic acids is 2. The van der Waals surface area contributed by atoms with Crippen LogP contribution in [0.25, 0.3) is 0 Å². The number of amides is 2. The van der Waals surface area contributed by atoms with E-state index in [1.807, 2.05) is 67.3 Å². The van der Waals surface area contributed by atoms with Crippen molar-refractivity contribution >= 4 is 17.5 Å². The topological polar surface area (TPSA) is 58.6 Å². The summed E-state index contributed by atoms with van der Waals surface area (Å²) in [6, 6.07) is 19.6. The van der Waals surface area contributed by atoms with Gasteiger partial charge in [0, 0.05) is 29.9 Å². The Kier molecular flexibility index (Phi) is 6.26. The highest BCUT2D eigenvalue weighted by atomic mass is 16.5. The van der Waals surface area contributed by atoms with E-state index >= 15 is 0 Å². The van der Waals surface area contributed by atoms with Gasteiger partial charge in [-0.05, 0) is 56.5 Å². The molecule has 1 aliphatic heterocycles. The Labute approximate surface area is 189 Å². The summed E-state index contributed by atoms with van der Waals surface area (Å²) in [7, 11) is 0. The molecule has 0 saturated heterocycles. The van der Waals surface area contributed by atoms with Crippen molar-refractivity contribution in [3.8, 4) is 5.75 Å². The smallest absolute Gasteiger partial charge is 0.262 e. The largest absolute Gasteiger partial charge is 0.483 e. The normalized spacial score (nSPS) is 13.0. The number of hydrogen-bond acceptors (Lipinski definition) is 3. The maximum Gasteiger partial charge on any atom is 0.262 e. The molecule has 0 fully saturated rings. The summed E-state index contributed by atoms with van der Waals surface area (Å²) in [6.45, 7) is 7.13. The molecule has 0 spiro atoms. The zero-order valence-corrected chi connectivity index (χ0v) is 18.8. The third-order valence-corrected chi connectivity index (χ3v) is 5.75. The van der Waals surface area contributed by atoms with Crippen LogP contribution in [0.3, 0.4) is 0 Å². The van der Waals surface area contributed by atoms with Crippen molar-refractivity contribution in [3.05, 3.63) is 94.0 Å². The van der Waals surface area contributed by atoms with Crippen LogP contribution in [0.2, 0.25) is 0 Å². The zero-order chi connectivity index (χ0) is 22.7. The van der Waals surface area contributed by atoms with E-state index < -0.39 is 0 Å². The van der Waals surface area contributed by atoms with Crippen LogP contribution in [0.15, 0.2) is 60.7 Å². The van der Waals surface area contributed by atoms with Gasteiger partial charge in [0.05, 0.1) is 0 Å². The van der Waals surface area contributed by atoms with Gasteiger partial charge in [-0.25, -0.2) is 0 Å². The summed E-state index contributed by atoms with van der Waals surface area (Å²) < 4.78 is 5.84. The molecule has 164 valence electrons. The lowest BCUT2D eigenvalue weighted by Crippen LogP contribution is -2.37. The number of anilines is 1. The summed E-state index contributed by atoms with van der Waals surface area (Å²) in [5, 5.41) is 2.90. The fourth-order valence-electron chi connectivity index (χ4n) is 4.14. The first-order valence-corrected chi connectivity index (χ1v) is 10.9. The second kappa shape index (κ2) is 9.27. The fourth-order valence-corrected chi connectivity index (χ4v) is 4.14. The molecule has 3 aromatic rings. The first-order chi connectivity index (χ1) is 15.4. The summed E-state index contributed by atoms with van der Waals surface area (Å²) in [4.78, 5) is 27.4. The Morgan fingerprint density at radius 2 is 1.78 bits per heavy atom. The van der Waals surface area contributed by atoms with E-state index in [1.54, 1.807) is 0 Å². The van der Waals surface area contributed by atoms with Crippen molar-refractivity contribution in [1.82, 2.24) is 4.90 Å². The van der Waals surface area contributed by atoms with Gasteiger partial charge in [-0.1, -0.05) is 53.6 Å². The minimum Gasteiger partial charge on any atom is -0.483 e. The monoisotopic (exact) mass is 428 g/mol. The van der Waals surface area contributed by atoms with Gasteiger partial charge in [-0.2, -0.15) is 0 Å². The van der Waals surface area contributed by atoms with Gasteiger partial charge in [-0.15, -0.1) is 0 Å². The molecule has 5 heteroatoms. The van der Waals surface area contributed by atoms with Crippen LogP contribution >= 0.6 is 0 Å². The molecule has 2 amide bonds. The van der Waals surface area contributed by atoms with E-state index in [-0.39, 0.29) is 18.4 Å². The minimum absolute atomic E-state index is 0.00191. The molecule has 0 aromatic heterocycles. The lowest BCUT2D eigenvalue weighted by molar-refractivity contribution is -0.118. The molecule has 0 radical (unpaired) electrons. The van der Waals surface area contributed by atoms with Crippen molar-refractivity contribution in [1.29, 1.82) is 0 Å². The van der Waals surface area contributed by atoms with E-state index in [0.29, 0.717) is 30.8 Å². The van der Waals surface area contributed by atoms with Crippen LogP contribution < -0.4 is 10.1 Å². The summed E-state index contributed by atoms with van der Waals surface area (Å²) >= 11 is 0. The van der Waals surface area contributed by atoms with Gasteiger partial charge < -0.3 is 15.0 Å². The molecule has 0 unspecified atom stereocenters. The molecule has 1 N–H and O–H groups in total. The highest BCUT2D eigenvalue weighted by Gasteiger charge is 2.27. The lowest BCUT2D eigenvalue weighted by atomic mass is 9.97. The molecule has 32 heavy (non-hydrogen) atoms. The molecule has 1 heterocycles. The molecular formula is C27H28N2O3. The Bertz CT molecular complexity index is 1170. The van der Waals surface area contributed by atoms with Crippen molar-refractivity contribution in [2.24, 2.45) is 0 Å². The van der Waals surface area contributed by atoms with Gasteiger partial charge >= 0.3 is 0 Å². The summed E-state index contributed by atoms with van der Waals surface area (Å²) in [6.07, 6.45) is 0.696. The average Bonchev–Trinajstić information content (AvgIpc) is 2.76. The molecule has 4 rings (SSSR count). The van der Waals surface area contributed by atoms with Crippen LogP contribution in [-0.2, 0) is 17.8 Å². The SMILES string of the molecule is Cc1cccc(CN2CCc3c(OCC(=O)Nc4ccc(C)cc4C)cccc3C2=O)c1. The lowest BCUT2D eigenvalue weighted by Gasteiger charge is -2.29. The third kappa shape index (κ3) is 4.83.